The maximum atomic E-state index is 13.2. The van der Waals surface area contributed by atoms with Crippen LogP contribution in [0.25, 0.3) is 0 Å². The minimum absolute atomic E-state index is 0.127. The zero-order valence-corrected chi connectivity index (χ0v) is 16.3. The number of benzene rings is 3. The van der Waals surface area contributed by atoms with E-state index in [2.05, 4.69) is 5.32 Å². The number of sulfonamides is 1. The monoisotopic (exact) mass is 416 g/mol. The zero-order chi connectivity index (χ0) is 21.0. The lowest BCUT2D eigenvalue weighted by Crippen LogP contribution is -2.26. The van der Waals surface area contributed by atoms with Crippen LogP contribution in [0, 0.1) is 11.6 Å². The third kappa shape index (κ3) is 4.85. The van der Waals surface area contributed by atoms with Crippen molar-refractivity contribution >= 4 is 21.6 Å². The summed E-state index contributed by atoms with van der Waals surface area (Å²) in [5, 5.41) is 2.48. The Bertz CT molecular complexity index is 1120. The molecule has 0 fully saturated rings. The van der Waals surface area contributed by atoms with Crippen LogP contribution in [0.3, 0.4) is 0 Å². The number of amides is 1. The number of carbonyl (C=O) groups excluding carboxylic acids is 1. The molecule has 0 spiro atoms. The molecule has 0 bridgehead atoms. The van der Waals surface area contributed by atoms with Gasteiger partial charge >= 0.3 is 0 Å². The fourth-order valence-electron chi connectivity index (χ4n) is 2.65. The van der Waals surface area contributed by atoms with Gasteiger partial charge in [0, 0.05) is 30.9 Å². The largest absolute Gasteiger partial charge is 0.322 e. The van der Waals surface area contributed by atoms with Crippen molar-refractivity contribution in [2.24, 2.45) is 0 Å². The molecular formula is C21H18F2N2O3S. The maximum absolute atomic E-state index is 13.2. The first kappa shape index (κ1) is 20.6. The molecule has 1 N–H and O–H groups in total. The van der Waals surface area contributed by atoms with Gasteiger partial charge in [-0.15, -0.1) is 0 Å². The highest BCUT2D eigenvalue weighted by atomic mass is 32.2. The summed E-state index contributed by atoms with van der Waals surface area (Å²) in [5.41, 5.74) is 1.12. The Kier molecular flexibility index (Phi) is 6.05. The highest BCUT2D eigenvalue weighted by Gasteiger charge is 2.20. The smallest absolute Gasteiger partial charge is 0.255 e. The number of nitrogens with zero attached hydrogens (tertiary/aromatic N) is 1. The quantitative estimate of drug-likeness (QED) is 0.660. The van der Waals surface area contributed by atoms with Gasteiger partial charge in [-0.3, -0.25) is 4.79 Å². The fourth-order valence-corrected chi connectivity index (χ4v) is 3.83. The van der Waals surface area contributed by atoms with Crippen LogP contribution >= 0.6 is 0 Å². The Balaban J connectivity index is 1.68. The molecule has 0 atom stereocenters. The molecule has 0 saturated carbocycles. The summed E-state index contributed by atoms with van der Waals surface area (Å²) in [4.78, 5) is 12.5. The molecule has 150 valence electrons. The number of hydrogen-bond acceptors (Lipinski definition) is 3. The molecule has 0 aliphatic heterocycles. The van der Waals surface area contributed by atoms with Gasteiger partial charge in [0.25, 0.3) is 5.91 Å². The lowest BCUT2D eigenvalue weighted by molar-refractivity contribution is 0.102. The van der Waals surface area contributed by atoms with Crippen molar-refractivity contribution in [2.75, 3.05) is 12.4 Å². The number of halogens is 2. The van der Waals surface area contributed by atoms with Crippen molar-refractivity contribution in [3.8, 4) is 0 Å². The normalized spacial score (nSPS) is 11.4. The molecule has 29 heavy (non-hydrogen) atoms. The second-order valence-electron chi connectivity index (χ2n) is 6.35. The first-order chi connectivity index (χ1) is 13.8. The Morgan fingerprint density at radius 3 is 2.21 bits per heavy atom. The van der Waals surface area contributed by atoms with Gasteiger partial charge in [-0.05, 0) is 42.0 Å². The number of rotatable bonds is 6. The Hall–Kier alpha value is -3.10. The molecule has 3 aromatic carbocycles. The van der Waals surface area contributed by atoms with Crippen molar-refractivity contribution in [1.82, 2.24) is 4.31 Å². The van der Waals surface area contributed by atoms with Crippen molar-refractivity contribution in [3.05, 3.63) is 95.6 Å². The van der Waals surface area contributed by atoms with Gasteiger partial charge in [0.15, 0.2) is 11.6 Å². The van der Waals surface area contributed by atoms with E-state index in [-0.39, 0.29) is 17.1 Å². The molecule has 3 aromatic rings. The average molecular weight is 416 g/mol. The van der Waals surface area contributed by atoms with Gasteiger partial charge in [-0.2, -0.15) is 4.31 Å². The number of nitrogens with one attached hydrogen (secondary N) is 1. The van der Waals surface area contributed by atoms with E-state index in [1.165, 1.54) is 41.7 Å². The number of anilines is 1. The molecule has 0 radical (unpaired) electrons. The average Bonchev–Trinajstić information content (AvgIpc) is 2.72. The van der Waals surface area contributed by atoms with E-state index in [1.807, 2.05) is 0 Å². The third-order valence-corrected chi connectivity index (χ3v) is 6.07. The molecule has 0 heterocycles. The molecule has 0 saturated heterocycles. The Labute approximate surface area is 167 Å². The van der Waals surface area contributed by atoms with E-state index in [9.17, 15) is 22.0 Å². The van der Waals surface area contributed by atoms with Crippen LogP contribution in [0.2, 0.25) is 0 Å². The topological polar surface area (TPSA) is 66.5 Å². The lowest BCUT2D eigenvalue weighted by atomic mass is 10.1. The molecule has 3 rings (SSSR count). The predicted octanol–water partition coefficient (Wildman–Crippen LogP) is 4.04. The van der Waals surface area contributed by atoms with E-state index in [4.69, 9.17) is 0 Å². The summed E-state index contributed by atoms with van der Waals surface area (Å²) in [6.07, 6.45) is 0. The van der Waals surface area contributed by atoms with Crippen LogP contribution < -0.4 is 5.32 Å². The molecule has 0 aromatic heterocycles. The van der Waals surface area contributed by atoms with Crippen molar-refractivity contribution < 1.29 is 22.0 Å². The van der Waals surface area contributed by atoms with Crippen molar-refractivity contribution in [3.63, 3.8) is 0 Å². The minimum atomic E-state index is -3.62. The number of carbonyl (C=O) groups is 1. The second kappa shape index (κ2) is 8.50. The van der Waals surface area contributed by atoms with Gasteiger partial charge < -0.3 is 5.32 Å². The van der Waals surface area contributed by atoms with Crippen molar-refractivity contribution in [1.29, 1.82) is 0 Å². The SMILES string of the molecule is CN(Cc1ccc(C(=O)Nc2ccc(F)c(F)c2)cc1)S(=O)(=O)c1ccccc1. The summed E-state index contributed by atoms with van der Waals surface area (Å²) in [6.45, 7) is 0.127. The summed E-state index contributed by atoms with van der Waals surface area (Å²) >= 11 is 0. The Morgan fingerprint density at radius 1 is 0.931 bits per heavy atom. The zero-order valence-electron chi connectivity index (χ0n) is 15.5. The highest BCUT2D eigenvalue weighted by Crippen LogP contribution is 2.18. The summed E-state index contributed by atoms with van der Waals surface area (Å²) in [5.74, 6) is -2.55. The van der Waals surface area contributed by atoms with E-state index in [0.717, 1.165) is 12.1 Å². The van der Waals surface area contributed by atoms with Crippen molar-refractivity contribution in [2.45, 2.75) is 11.4 Å². The standard InChI is InChI=1S/C21H18F2N2O3S/c1-25(29(27,28)18-5-3-2-4-6-18)14-15-7-9-16(10-8-15)21(26)24-17-11-12-19(22)20(23)13-17/h2-13H,14H2,1H3,(H,24,26). The predicted molar refractivity (Wildman–Crippen MR) is 106 cm³/mol. The lowest BCUT2D eigenvalue weighted by Gasteiger charge is -2.17. The van der Waals surface area contributed by atoms with E-state index >= 15 is 0 Å². The molecule has 1 amide bonds. The molecular weight excluding hydrogens is 398 g/mol. The van der Waals surface area contributed by atoms with Crippen LogP contribution in [0.5, 0.6) is 0 Å². The summed E-state index contributed by atoms with van der Waals surface area (Å²) in [7, 11) is -2.15. The molecule has 8 heteroatoms. The number of hydrogen-bond donors (Lipinski definition) is 1. The van der Waals surface area contributed by atoms with E-state index < -0.39 is 27.6 Å². The maximum Gasteiger partial charge on any atom is 0.255 e. The van der Waals surface area contributed by atoms with Crippen LogP contribution in [0.1, 0.15) is 15.9 Å². The second-order valence-corrected chi connectivity index (χ2v) is 8.40. The van der Waals surface area contributed by atoms with Gasteiger partial charge in [-0.1, -0.05) is 30.3 Å². The third-order valence-electron chi connectivity index (χ3n) is 4.25. The minimum Gasteiger partial charge on any atom is -0.322 e. The first-order valence-electron chi connectivity index (χ1n) is 8.64. The van der Waals surface area contributed by atoms with Gasteiger partial charge in [-0.25, -0.2) is 17.2 Å². The van der Waals surface area contributed by atoms with Crippen LogP contribution in [-0.2, 0) is 16.6 Å². The molecule has 5 nitrogen and oxygen atoms in total. The molecule has 0 unspecified atom stereocenters. The van der Waals surface area contributed by atoms with Crippen LogP contribution in [0.15, 0.2) is 77.7 Å². The molecule has 0 aliphatic carbocycles. The summed E-state index contributed by atoms with van der Waals surface area (Å²) in [6, 6.07) is 17.5. The van der Waals surface area contributed by atoms with Crippen LogP contribution in [0.4, 0.5) is 14.5 Å². The van der Waals surface area contributed by atoms with Crippen LogP contribution in [-0.4, -0.2) is 25.7 Å². The van der Waals surface area contributed by atoms with Gasteiger partial charge in [0.1, 0.15) is 0 Å². The van der Waals surface area contributed by atoms with Gasteiger partial charge in [0.05, 0.1) is 4.90 Å². The van der Waals surface area contributed by atoms with Gasteiger partial charge in [0.2, 0.25) is 10.0 Å². The van der Waals surface area contributed by atoms with E-state index in [0.29, 0.717) is 11.1 Å². The molecule has 0 aliphatic rings. The summed E-state index contributed by atoms with van der Waals surface area (Å²) < 4.78 is 52.6. The van der Waals surface area contributed by atoms with E-state index in [1.54, 1.807) is 30.3 Å². The first-order valence-corrected chi connectivity index (χ1v) is 10.1. The highest BCUT2D eigenvalue weighted by molar-refractivity contribution is 7.89. The fraction of sp³-hybridized carbons (Fsp3) is 0.0952. The Morgan fingerprint density at radius 2 is 1.59 bits per heavy atom.